The molecule has 4 rings (SSSR count). The largest absolute Gasteiger partial charge is 0.433 e. The van der Waals surface area contributed by atoms with Crippen LogP contribution in [0, 0.1) is 0 Å². The number of hydrogen-bond acceptors (Lipinski definition) is 5. The van der Waals surface area contributed by atoms with Gasteiger partial charge in [-0.3, -0.25) is 9.78 Å². The summed E-state index contributed by atoms with van der Waals surface area (Å²) in [5, 5.41) is 2.29. The van der Waals surface area contributed by atoms with Crippen LogP contribution >= 0.6 is 11.6 Å². The maximum atomic E-state index is 12.8. The molecule has 0 aliphatic carbocycles. The van der Waals surface area contributed by atoms with Crippen LogP contribution in [0.15, 0.2) is 79.1 Å². The number of aromatic nitrogens is 2. The van der Waals surface area contributed by atoms with Crippen LogP contribution in [0.3, 0.4) is 0 Å². The summed E-state index contributed by atoms with van der Waals surface area (Å²) in [4.78, 5) is 19.6. The summed E-state index contributed by atoms with van der Waals surface area (Å²) in [7, 11) is 1.74. The van der Waals surface area contributed by atoms with E-state index in [0.717, 1.165) is 28.3 Å². The van der Waals surface area contributed by atoms with Crippen LogP contribution in [0.5, 0.6) is 0 Å². The van der Waals surface area contributed by atoms with E-state index in [1.807, 2.05) is 18.2 Å². The number of hydrogen-bond donors (Lipinski definition) is 2. The maximum absolute atomic E-state index is 12.8. The van der Waals surface area contributed by atoms with Crippen molar-refractivity contribution in [3.05, 3.63) is 101 Å². The molecule has 0 unspecified atom stereocenters. The van der Waals surface area contributed by atoms with Crippen LogP contribution in [0.4, 0.5) is 19.0 Å². The van der Waals surface area contributed by atoms with Crippen molar-refractivity contribution in [2.75, 3.05) is 12.5 Å². The molecule has 184 valence electrons. The fourth-order valence-corrected chi connectivity index (χ4v) is 3.82. The van der Waals surface area contributed by atoms with E-state index in [-0.39, 0.29) is 6.54 Å². The normalized spacial score (nSPS) is 11.5. The highest BCUT2D eigenvalue weighted by Crippen LogP contribution is 2.37. The molecule has 0 fully saturated rings. The first-order valence-corrected chi connectivity index (χ1v) is 11.1. The molecule has 3 N–H and O–H groups in total. The molecule has 2 aromatic heterocycles. The van der Waals surface area contributed by atoms with E-state index in [2.05, 4.69) is 15.4 Å². The first-order valence-electron chi connectivity index (χ1n) is 10.8. The highest BCUT2D eigenvalue weighted by molar-refractivity contribution is 6.30. The van der Waals surface area contributed by atoms with Gasteiger partial charge >= 0.3 is 6.18 Å². The van der Waals surface area contributed by atoms with Gasteiger partial charge in [0.05, 0.1) is 0 Å². The van der Waals surface area contributed by atoms with E-state index < -0.39 is 17.8 Å². The Morgan fingerprint density at radius 3 is 2.22 bits per heavy atom. The summed E-state index contributed by atoms with van der Waals surface area (Å²) in [6, 6.07) is 18.4. The number of carbonyl (C=O) groups is 1. The predicted octanol–water partition coefficient (Wildman–Crippen LogP) is 6.04. The second-order valence-electron chi connectivity index (χ2n) is 8.05. The van der Waals surface area contributed by atoms with Crippen molar-refractivity contribution in [3.8, 4) is 22.3 Å². The molecular weight excluding hydrogens is 491 g/mol. The highest BCUT2D eigenvalue weighted by atomic mass is 35.5. The van der Waals surface area contributed by atoms with Crippen molar-refractivity contribution in [2.24, 2.45) is 5.73 Å². The lowest BCUT2D eigenvalue weighted by Crippen LogP contribution is -2.26. The second-order valence-corrected chi connectivity index (χ2v) is 8.48. The number of alkyl halides is 3. The van der Waals surface area contributed by atoms with Crippen molar-refractivity contribution in [1.82, 2.24) is 15.0 Å². The van der Waals surface area contributed by atoms with Gasteiger partial charge in [0.1, 0.15) is 11.5 Å². The van der Waals surface area contributed by atoms with Crippen LogP contribution in [-0.2, 0) is 12.7 Å². The molecule has 36 heavy (non-hydrogen) atoms. The van der Waals surface area contributed by atoms with Gasteiger partial charge in [-0.25, -0.2) is 9.99 Å². The van der Waals surface area contributed by atoms with E-state index in [9.17, 15) is 18.0 Å². The minimum absolute atomic E-state index is 0.262. The van der Waals surface area contributed by atoms with Crippen LogP contribution < -0.4 is 11.2 Å². The second kappa shape index (κ2) is 10.3. The Morgan fingerprint density at radius 2 is 1.64 bits per heavy atom. The Hall–Kier alpha value is -3.95. The summed E-state index contributed by atoms with van der Waals surface area (Å²) < 4.78 is 38.5. The predicted molar refractivity (Wildman–Crippen MR) is 133 cm³/mol. The van der Waals surface area contributed by atoms with Gasteiger partial charge in [0, 0.05) is 42.1 Å². The fraction of sp³-hybridized carbons (Fsp3) is 0.115. The lowest BCUT2D eigenvalue weighted by molar-refractivity contribution is -0.141. The van der Waals surface area contributed by atoms with E-state index in [0.29, 0.717) is 22.0 Å². The number of anilines is 1. The average molecular weight is 512 g/mol. The minimum atomic E-state index is -4.49. The molecule has 2 heterocycles. The lowest BCUT2D eigenvalue weighted by Gasteiger charge is -2.22. The fourth-order valence-electron chi connectivity index (χ4n) is 3.69. The molecule has 1 amide bonds. The van der Waals surface area contributed by atoms with Crippen molar-refractivity contribution >= 4 is 23.3 Å². The number of hydrazine groups is 1. The topological polar surface area (TPSA) is 84.1 Å². The summed E-state index contributed by atoms with van der Waals surface area (Å²) in [5.74, 6) is -0.0226. The summed E-state index contributed by atoms with van der Waals surface area (Å²) in [6.07, 6.45) is -1.64. The average Bonchev–Trinajstić information content (AvgIpc) is 2.84. The van der Waals surface area contributed by atoms with Crippen LogP contribution in [0.2, 0.25) is 5.02 Å². The molecule has 4 aromatic rings. The smallest absolute Gasteiger partial charge is 0.366 e. The summed E-state index contributed by atoms with van der Waals surface area (Å²) in [5.41, 5.74) is 11.9. The van der Waals surface area contributed by atoms with Crippen molar-refractivity contribution in [1.29, 1.82) is 0 Å². The summed E-state index contributed by atoms with van der Waals surface area (Å²) in [6.45, 7) is 0.262. The summed E-state index contributed by atoms with van der Waals surface area (Å²) >= 11 is 6.07. The van der Waals surface area contributed by atoms with Crippen molar-refractivity contribution < 1.29 is 18.0 Å². The first-order chi connectivity index (χ1) is 17.1. The number of amides is 1. The van der Waals surface area contributed by atoms with Gasteiger partial charge in [-0.2, -0.15) is 13.2 Å². The molecule has 2 aromatic carbocycles. The number of nitrogens with one attached hydrogen (secondary N) is 1. The standard InChI is InChI=1S/C26H21ClF3N5O/c1-35(15-16-2-11-22(33-14-16)26(28,29)30)34-25-23(18-3-5-19(6-4-18)24(31)36)21(12-13-32-25)17-7-9-20(27)10-8-17/h2-14H,15H2,1H3,(H2,31,36)(H,32,34). The quantitative estimate of drug-likeness (QED) is 0.295. The van der Waals surface area contributed by atoms with E-state index >= 15 is 0 Å². The molecule has 0 spiro atoms. The van der Waals surface area contributed by atoms with Gasteiger partial charge in [0.2, 0.25) is 5.91 Å². The zero-order valence-corrected chi connectivity index (χ0v) is 19.8. The van der Waals surface area contributed by atoms with Crippen molar-refractivity contribution in [2.45, 2.75) is 12.7 Å². The van der Waals surface area contributed by atoms with E-state index in [1.165, 1.54) is 12.3 Å². The molecule has 0 atom stereocenters. The molecule has 0 bridgehead atoms. The van der Waals surface area contributed by atoms with Crippen LogP contribution in [0.25, 0.3) is 22.3 Å². The minimum Gasteiger partial charge on any atom is -0.366 e. The van der Waals surface area contributed by atoms with E-state index in [1.54, 1.807) is 54.7 Å². The first kappa shape index (κ1) is 25.2. The van der Waals surface area contributed by atoms with Gasteiger partial charge in [-0.1, -0.05) is 41.9 Å². The molecule has 0 saturated heterocycles. The Balaban J connectivity index is 1.68. The highest BCUT2D eigenvalue weighted by Gasteiger charge is 2.32. The van der Waals surface area contributed by atoms with Gasteiger partial charge in [-0.15, -0.1) is 0 Å². The monoisotopic (exact) mass is 511 g/mol. The third-order valence-corrected chi connectivity index (χ3v) is 5.65. The number of rotatable bonds is 7. The zero-order valence-electron chi connectivity index (χ0n) is 19.1. The zero-order chi connectivity index (χ0) is 25.9. The molecule has 6 nitrogen and oxygen atoms in total. The lowest BCUT2D eigenvalue weighted by atomic mass is 9.95. The Bertz CT molecular complexity index is 1360. The Kier molecular flexibility index (Phi) is 7.23. The van der Waals surface area contributed by atoms with Crippen molar-refractivity contribution in [3.63, 3.8) is 0 Å². The number of nitrogens with two attached hydrogens (primary N) is 1. The number of nitrogens with zero attached hydrogens (tertiary/aromatic N) is 3. The third-order valence-electron chi connectivity index (χ3n) is 5.40. The molecule has 10 heteroatoms. The van der Waals surface area contributed by atoms with Crippen LogP contribution in [0.1, 0.15) is 21.6 Å². The number of carbonyl (C=O) groups excluding carboxylic acids is 1. The Labute approximate surface area is 210 Å². The van der Waals surface area contributed by atoms with Gasteiger partial charge in [0.25, 0.3) is 0 Å². The number of pyridine rings is 2. The van der Waals surface area contributed by atoms with E-state index in [4.69, 9.17) is 17.3 Å². The van der Waals surface area contributed by atoms with Gasteiger partial charge < -0.3 is 11.2 Å². The SMILES string of the molecule is CN(Cc1ccc(C(F)(F)F)nc1)Nc1nccc(-c2ccc(Cl)cc2)c1-c1ccc(C(N)=O)cc1. The molecule has 0 radical (unpaired) electrons. The molecule has 0 saturated carbocycles. The van der Waals surface area contributed by atoms with Gasteiger partial charge in [-0.05, 0) is 58.7 Å². The number of primary amides is 1. The van der Waals surface area contributed by atoms with Crippen LogP contribution in [-0.4, -0.2) is 27.9 Å². The third kappa shape index (κ3) is 5.81. The molecule has 0 aliphatic heterocycles. The number of halogens is 4. The van der Waals surface area contributed by atoms with Gasteiger partial charge in [0.15, 0.2) is 0 Å². The molecular formula is C26H21ClF3N5O. The Morgan fingerprint density at radius 1 is 0.972 bits per heavy atom. The molecule has 0 aliphatic rings. The number of benzene rings is 2. The maximum Gasteiger partial charge on any atom is 0.433 e.